The molecule has 0 saturated carbocycles. The van der Waals surface area contributed by atoms with Gasteiger partial charge in [-0.15, -0.1) is 0 Å². The van der Waals surface area contributed by atoms with E-state index in [1.54, 1.807) is 0 Å². The van der Waals surface area contributed by atoms with Crippen LogP contribution >= 0.6 is 0 Å². The summed E-state index contributed by atoms with van der Waals surface area (Å²) >= 11 is 0. The fraction of sp³-hybridized carbons (Fsp3) is 0.769. The normalized spacial score (nSPS) is 13.3. The standard InChI is InChI=1S/C13H26N4/c1-5-7-13(14)10-16(4)9-12-8-15-17(6-2)11(12)3/h8,13H,5-7,9-10,14H2,1-4H3/t13-/m0/s1. The molecule has 0 radical (unpaired) electrons. The molecule has 4 heteroatoms. The van der Waals surface area contributed by atoms with Crippen LogP contribution in [0, 0.1) is 6.92 Å². The van der Waals surface area contributed by atoms with Crippen molar-refractivity contribution in [1.82, 2.24) is 14.7 Å². The van der Waals surface area contributed by atoms with E-state index in [0.29, 0.717) is 0 Å². The van der Waals surface area contributed by atoms with Crippen LogP contribution in [0.25, 0.3) is 0 Å². The van der Waals surface area contributed by atoms with Crippen LogP contribution in [0.3, 0.4) is 0 Å². The third kappa shape index (κ3) is 4.13. The molecule has 0 amide bonds. The van der Waals surface area contributed by atoms with Crippen molar-refractivity contribution in [2.24, 2.45) is 5.73 Å². The zero-order valence-electron chi connectivity index (χ0n) is 11.6. The minimum Gasteiger partial charge on any atom is -0.327 e. The first-order valence-electron chi connectivity index (χ1n) is 6.53. The largest absolute Gasteiger partial charge is 0.327 e. The van der Waals surface area contributed by atoms with Crippen molar-refractivity contribution in [1.29, 1.82) is 0 Å². The lowest BCUT2D eigenvalue weighted by atomic mass is 10.1. The lowest BCUT2D eigenvalue weighted by Crippen LogP contribution is -2.34. The van der Waals surface area contributed by atoms with Gasteiger partial charge in [0.25, 0.3) is 0 Å². The molecular weight excluding hydrogens is 212 g/mol. The number of hydrogen-bond acceptors (Lipinski definition) is 3. The Morgan fingerprint density at radius 1 is 1.47 bits per heavy atom. The first kappa shape index (κ1) is 14.2. The predicted octanol–water partition coefficient (Wildman–Crippen LogP) is 1.77. The molecule has 1 aromatic rings. The number of aromatic nitrogens is 2. The maximum absolute atomic E-state index is 6.05. The second-order valence-electron chi connectivity index (χ2n) is 4.82. The van der Waals surface area contributed by atoms with Crippen LogP contribution in [0.2, 0.25) is 0 Å². The summed E-state index contributed by atoms with van der Waals surface area (Å²) in [6.07, 6.45) is 4.22. The highest BCUT2D eigenvalue weighted by Gasteiger charge is 2.10. The molecule has 0 spiro atoms. The first-order valence-corrected chi connectivity index (χ1v) is 6.53. The highest BCUT2D eigenvalue weighted by molar-refractivity contribution is 5.15. The van der Waals surface area contributed by atoms with E-state index in [4.69, 9.17) is 5.73 Å². The van der Waals surface area contributed by atoms with Gasteiger partial charge in [-0.3, -0.25) is 4.68 Å². The maximum atomic E-state index is 6.05. The smallest absolute Gasteiger partial charge is 0.0537 e. The van der Waals surface area contributed by atoms with Gasteiger partial charge >= 0.3 is 0 Å². The number of rotatable bonds is 7. The minimum atomic E-state index is 0.284. The fourth-order valence-electron chi connectivity index (χ4n) is 2.18. The van der Waals surface area contributed by atoms with Gasteiger partial charge in [0.2, 0.25) is 0 Å². The molecule has 0 aliphatic heterocycles. The van der Waals surface area contributed by atoms with Crippen molar-refractivity contribution in [2.45, 2.75) is 52.7 Å². The van der Waals surface area contributed by atoms with Gasteiger partial charge in [-0.25, -0.2) is 0 Å². The molecule has 1 rings (SSSR count). The van der Waals surface area contributed by atoms with Crippen LogP contribution in [0.4, 0.5) is 0 Å². The topological polar surface area (TPSA) is 47.1 Å². The molecule has 0 aliphatic carbocycles. The molecule has 0 aromatic carbocycles. The van der Waals surface area contributed by atoms with E-state index >= 15 is 0 Å². The summed E-state index contributed by atoms with van der Waals surface area (Å²) in [5, 5.41) is 4.36. The first-order chi connectivity index (χ1) is 8.08. The molecule has 98 valence electrons. The summed E-state index contributed by atoms with van der Waals surface area (Å²) in [5.41, 5.74) is 8.62. The van der Waals surface area contributed by atoms with E-state index in [1.165, 1.54) is 11.3 Å². The molecule has 4 nitrogen and oxygen atoms in total. The molecule has 0 unspecified atom stereocenters. The Balaban J connectivity index is 2.50. The summed E-state index contributed by atoms with van der Waals surface area (Å²) in [6, 6.07) is 0.284. The zero-order valence-corrected chi connectivity index (χ0v) is 11.6. The van der Waals surface area contributed by atoms with Gasteiger partial charge in [0.05, 0.1) is 6.20 Å². The van der Waals surface area contributed by atoms with Crippen molar-refractivity contribution in [3.8, 4) is 0 Å². The molecule has 0 fully saturated rings. The zero-order chi connectivity index (χ0) is 12.8. The third-order valence-electron chi connectivity index (χ3n) is 3.15. The highest BCUT2D eigenvalue weighted by atomic mass is 15.3. The monoisotopic (exact) mass is 238 g/mol. The van der Waals surface area contributed by atoms with E-state index < -0.39 is 0 Å². The molecule has 1 aromatic heterocycles. The summed E-state index contributed by atoms with van der Waals surface area (Å²) in [4.78, 5) is 2.28. The molecular formula is C13H26N4. The van der Waals surface area contributed by atoms with Crippen LogP contribution in [-0.4, -0.2) is 34.3 Å². The molecule has 0 aliphatic rings. The third-order valence-corrected chi connectivity index (χ3v) is 3.15. The lowest BCUT2D eigenvalue weighted by Gasteiger charge is -2.20. The van der Waals surface area contributed by atoms with E-state index in [2.05, 4.69) is 37.8 Å². The van der Waals surface area contributed by atoms with E-state index in [1.807, 2.05) is 10.9 Å². The number of aryl methyl sites for hydroxylation is 1. The SMILES string of the molecule is CCC[C@H](N)CN(C)Cc1cnn(CC)c1C. The summed E-state index contributed by atoms with van der Waals surface area (Å²) in [6.45, 7) is 9.24. The summed E-state index contributed by atoms with van der Waals surface area (Å²) in [5.74, 6) is 0. The Hall–Kier alpha value is -0.870. The van der Waals surface area contributed by atoms with Gasteiger partial charge in [-0.05, 0) is 27.3 Å². The number of nitrogens with two attached hydrogens (primary N) is 1. The molecule has 0 bridgehead atoms. The molecule has 1 atom stereocenters. The Morgan fingerprint density at radius 3 is 2.71 bits per heavy atom. The van der Waals surface area contributed by atoms with Crippen molar-refractivity contribution in [2.75, 3.05) is 13.6 Å². The van der Waals surface area contributed by atoms with Gasteiger partial charge in [0, 0.05) is 36.9 Å². The van der Waals surface area contributed by atoms with Crippen molar-refractivity contribution >= 4 is 0 Å². The quantitative estimate of drug-likeness (QED) is 0.787. The van der Waals surface area contributed by atoms with Gasteiger partial charge in [0.15, 0.2) is 0 Å². The minimum absolute atomic E-state index is 0.284. The average Bonchev–Trinajstić information content (AvgIpc) is 2.60. The van der Waals surface area contributed by atoms with E-state index in [0.717, 1.165) is 32.5 Å². The Bertz CT molecular complexity index is 332. The summed E-state index contributed by atoms with van der Waals surface area (Å²) < 4.78 is 2.04. The Labute approximate surface area is 105 Å². The Morgan fingerprint density at radius 2 is 2.18 bits per heavy atom. The average molecular weight is 238 g/mol. The van der Waals surface area contributed by atoms with Gasteiger partial charge in [-0.1, -0.05) is 13.3 Å². The molecule has 17 heavy (non-hydrogen) atoms. The molecule has 2 N–H and O–H groups in total. The van der Waals surface area contributed by atoms with Crippen molar-refractivity contribution in [3.63, 3.8) is 0 Å². The number of likely N-dealkylation sites (N-methyl/N-ethyl adjacent to an activating group) is 1. The molecule has 1 heterocycles. The van der Waals surface area contributed by atoms with Crippen molar-refractivity contribution in [3.05, 3.63) is 17.5 Å². The van der Waals surface area contributed by atoms with Gasteiger partial charge in [-0.2, -0.15) is 5.10 Å². The fourth-order valence-corrected chi connectivity index (χ4v) is 2.18. The summed E-state index contributed by atoms with van der Waals surface area (Å²) in [7, 11) is 2.12. The van der Waals surface area contributed by atoms with Crippen LogP contribution in [0.1, 0.15) is 37.9 Å². The van der Waals surface area contributed by atoms with Crippen LogP contribution in [0.5, 0.6) is 0 Å². The predicted molar refractivity (Wildman–Crippen MR) is 71.9 cm³/mol. The van der Waals surface area contributed by atoms with Crippen molar-refractivity contribution < 1.29 is 0 Å². The van der Waals surface area contributed by atoms with Gasteiger partial charge < -0.3 is 10.6 Å². The molecule has 0 saturated heterocycles. The van der Waals surface area contributed by atoms with Gasteiger partial charge in [0.1, 0.15) is 0 Å². The van der Waals surface area contributed by atoms with Crippen LogP contribution in [0.15, 0.2) is 6.20 Å². The van der Waals surface area contributed by atoms with E-state index in [-0.39, 0.29) is 6.04 Å². The van der Waals surface area contributed by atoms with E-state index in [9.17, 15) is 0 Å². The Kier molecular flexibility index (Phi) is 5.65. The second-order valence-corrected chi connectivity index (χ2v) is 4.82. The highest BCUT2D eigenvalue weighted by Crippen LogP contribution is 2.10. The maximum Gasteiger partial charge on any atom is 0.0537 e. The number of nitrogens with zero attached hydrogens (tertiary/aromatic N) is 3. The second kappa shape index (κ2) is 6.77. The lowest BCUT2D eigenvalue weighted by molar-refractivity contribution is 0.296. The van der Waals surface area contributed by atoms with Crippen LogP contribution < -0.4 is 5.73 Å². The number of hydrogen-bond donors (Lipinski definition) is 1. The van der Waals surface area contributed by atoms with Crippen LogP contribution in [-0.2, 0) is 13.1 Å².